The maximum Gasteiger partial charge on any atom is 0.303 e. The summed E-state index contributed by atoms with van der Waals surface area (Å²) in [7, 11) is 0. The lowest BCUT2D eigenvalue weighted by Crippen LogP contribution is -2.48. The van der Waals surface area contributed by atoms with E-state index in [1.807, 2.05) is 0 Å². The molecule has 0 bridgehead atoms. The number of amides is 1. The van der Waals surface area contributed by atoms with E-state index < -0.39 is 5.97 Å². The maximum atomic E-state index is 11.6. The van der Waals surface area contributed by atoms with E-state index in [1.165, 1.54) is 0 Å². The number of hydrogen-bond donors (Lipinski definition) is 3. The van der Waals surface area contributed by atoms with Gasteiger partial charge in [-0.1, -0.05) is 12.8 Å². The molecule has 0 aromatic rings. The Hall–Kier alpha value is -1.14. The molecule has 0 spiro atoms. The Kier molecular flexibility index (Phi) is 7.36. The number of nitrogens with one attached hydrogen (secondary N) is 2. The van der Waals surface area contributed by atoms with Crippen LogP contribution in [0.5, 0.6) is 0 Å². The number of carbonyl (C=O) groups excluding carboxylic acids is 1. The molecular formula is C12H22N2O4. The van der Waals surface area contributed by atoms with E-state index in [9.17, 15) is 9.59 Å². The van der Waals surface area contributed by atoms with E-state index in [0.717, 1.165) is 25.8 Å². The fourth-order valence-corrected chi connectivity index (χ4v) is 1.81. The summed E-state index contributed by atoms with van der Waals surface area (Å²) in [6.45, 7) is 2.58. The third-order valence-electron chi connectivity index (χ3n) is 2.84. The van der Waals surface area contributed by atoms with Gasteiger partial charge in [0.25, 0.3) is 0 Å². The van der Waals surface area contributed by atoms with Crippen molar-refractivity contribution in [1.29, 1.82) is 0 Å². The van der Waals surface area contributed by atoms with Crippen LogP contribution in [0.25, 0.3) is 0 Å². The highest BCUT2D eigenvalue weighted by atomic mass is 16.5. The average Bonchev–Trinajstić information content (AvgIpc) is 2.38. The fourth-order valence-electron chi connectivity index (χ4n) is 1.81. The number of morpholine rings is 1. The molecule has 1 aliphatic heterocycles. The van der Waals surface area contributed by atoms with Crippen molar-refractivity contribution in [3.8, 4) is 0 Å². The van der Waals surface area contributed by atoms with E-state index >= 15 is 0 Å². The van der Waals surface area contributed by atoms with Gasteiger partial charge >= 0.3 is 5.97 Å². The second kappa shape index (κ2) is 8.88. The molecule has 1 unspecified atom stereocenters. The van der Waals surface area contributed by atoms with Crippen molar-refractivity contribution in [1.82, 2.24) is 10.6 Å². The highest BCUT2D eigenvalue weighted by molar-refractivity contribution is 5.81. The Balaban J connectivity index is 1.93. The van der Waals surface area contributed by atoms with Gasteiger partial charge in [-0.05, 0) is 12.8 Å². The Labute approximate surface area is 107 Å². The quantitative estimate of drug-likeness (QED) is 0.538. The van der Waals surface area contributed by atoms with Crippen molar-refractivity contribution >= 4 is 11.9 Å². The van der Waals surface area contributed by atoms with Crippen molar-refractivity contribution in [3.05, 3.63) is 0 Å². The van der Waals surface area contributed by atoms with Crippen LogP contribution >= 0.6 is 0 Å². The van der Waals surface area contributed by atoms with Crippen LogP contribution in [0.3, 0.4) is 0 Å². The van der Waals surface area contributed by atoms with Gasteiger partial charge in [-0.2, -0.15) is 0 Å². The molecule has 1 rings (SSSR count). The zero-order chi connectivity index (χ0) is 13.2. The first-order valence-corrected chi connectivity index (χ1v) is 6.52. The molecule has 0 radical (unpaired) electrons. The lowest BCUT2D eigenvalue weighted by Gasteiger charge is -2.22. The van der Waals surface area contributed by atoms with Crippen LogP contribution in [0, 0.1) is 0 Å². The van der Waals surface area contributed by atoms with Crippen LogP contribution in [0.15, 0.2) is 0 Å². The van der Waals surface area contributed by atoms with Crippen molar-refractivity contribution in [2.24, 2.45) is 0 Å². The molecule has 1 saturated heterocycles. The van der Waals surface area contributed by atoms with Crippen molar-refractivity contribution in [2.75, 3.05) is 26.2 Å². The Morgan fingerprint density at radius 2 is 2.06 bits per heavy atom. The Bertz CT molecular complexity index is 265. The van der Waals surface area contributed by atoms with Crippen LogP contribution in [-0.4, -0.2) is 49.3 Å². The molecule has 6 nitrogen and oxygen atoms in total. The minimum Gasteiger partial charge on any atom is -0.481 e. The van der Waals surface area contributed by atoms with Gasteiger partial charge in [0.05, 0.1) is 6.61 Å². The van der Waals surface area contributed by atoms with Gasteiger partial charge < -0.3 is 20.5 Å². The predicted octanol–water partition coefficient (Wildman–Crippen LogP) is 0.126. The van der Waals surface area contributed by atoms with Crippen LogP contribution in [0.2, 0.25) is 0 Å². The highest BCUT2D eigenvalue weighted by Crippen LogP contribution is 2.02. The van der Waals surface area contributed by atoms with Gasteiger partial charge in [-0.3, -0.25) is 9.59 Å². The van der Waals surface area contributed by atoms with Gasteiger partial charge in [-0.25, -0.2) is 0 Å². The number of hydrogen-bond acceptors (Lipinski definition) is 4. The number of rotatable bonds is 8. The smallest absolute Gasteiger partial charge is 0.303 e. The van der Waals surface area contributed by atoms with Gasteiger partial charge in [0.15, 0.2) is 0 Å². The molecule has 1 amide bonds. The highest BCUT2D eigenvalue weighted by Gasteiger charge is 2.20. The summed E-state index contributed by atoms with van der Waals surface area (Å²) < 4.78 is 5.32. The molecule has 104 valence electrons. The predicted molar refractivity (Wildman–Crippen MR) is 66.3 cm³/mol. The standard InChI is InChI=1S/C12H22N2O4/c15-11(16)5-3-1-2-4-6-14-12(17)10-9-13-7-8-18-10/h10,13H,1-9H2,(H,14,17)(H,15,16). The van der Waals surface area contributed by atoms with Gasteiger partial charge in [0, 0.05) is 26.1 Å². The minimum absolute atomic E-state index is 0.0623. The third kappa shape index (κ3) is 6.56. The van der Waals surface area contributed by atoms with Crippen LogP contribution < -0.4 is 10.6 Å². The zero-order valence-corrected chi connectivity index (χ0v) is 10.6. The fraction of sp³-hybridized carbons (Fsp3) is 0.833. The van der Waals surface area contributed by atoms with Gasteiger partial charge in [0.1, 0.15) is 6.10 Å². The Morgan fingerprint density at radius 1 is 1.28 bits per heavy atom. The second-order valence-corrected chi connectivity index (χ2v) is 4.41. The second-order valence-electron chi connectivity index (χ2n) is 4.41. The number of ether oxygens (including phenoxy) is 1. The number of carbonyl (C=O) groups is 2. The molecule has 3 N–H and O–H groups in total. The van der Waals surface area contributed by atoms with E-state index in [0.29, 0.717) is 26.1 Å². The normalized spacial score (nSPS) is 19.4. The van der Waals surface area contributed by atoms with E-state index in [4.69, 9.17) is 9.84 Å². The molecule has 1 fully saturated rings. The largest absolute Gasteiger partial charge is 0.481 e. The molecular weight excluding hydrogens is 236 g/mol. The van der Waals surface area contributed by atoms with Crippen LogP contribution in [0.4, 0.5) is 0 Å². The maximum absolute atomic E-state index is 11.6. The topological polar surface area (TPSA) is 87.7 Å². The van der Waals surface area contributed by atoms with Crippen molar-refractivity contribution in [2.45, 2.75) is 38.2 Å². The monoisotopic (exact) mass is 258 g/mol. The molecule has 1 atom stereocenters. The van der Waals surface area contributed by atoms with Gasteiger partial charge in [-0.15, -0.1) is 0 Å². The third-order valence-corrected chi connectivity index (χ3v) is 2.84. The summed E-state index contributed by atoms with van der Waals surface area (Å²) in [6, 6.07) is 0. The lowest BCUT2D eigenvalue weighted by molar-refractivity contribution is -0.137. The Morgan fingerprint density at radius 3 is 2.72 bits per heavy atom. The summed E-state index contributed by atoms with van der Waals surface area (Å²) in [6.07, 6.45) is 3.28. The van der Waals surface area contributed by atoms with Crippen LogP contribution in [-0.2, 0) is 14.3 Å². The van der Waals surface area contributed by atoms with E-state index in [1.54, 1.807) is 0 Å². The summed E-state index contributed by atoms with van der Waals surface area (Å²) >= 11 is 0. The molecule has 6 heteroatoms. The molecule has 0 aliphatic carbocycles. The molecule has 18 heavy (non-hydrogen) atoms. The SMILES string of the molecule is O=C(O)CCCCCCNC(=O)C1CNCCO1. The number of carboxylic acids is 1. The van der Waals surface area contributed by atoms with Crippen molar-refractivity contribution in [3.63, 3.8) is 0 Å². The average molecular weight is 258 g/mol. The zero-order valence-electron chi connectivity index (χ0n) is 10.6. The first-order valence-electron chi connectivity index (χ1n) is 6.52. The van der Waals surface area contributed by atoms with E-state index in [-0.39, 0.29) is 18.4 Å². The summed E-state index contributed by atoms with van der Waals surface area (Å²) in [5.41, 5.74) is 0. The lowest BCUT2D eigenvalue weighted by atomic mass is 10.1. The minimum atomic E-state index is -0.745. The molecule has 1 heterocycles. The van der Waals surface area contributed by atoms with Crippen molar-refractivity contribution < 1.29 is 19.4 Å². The molecule has 0 aromatic heterocycles. The molecule has 0 saturated carbocycles. The first kappa shape index (κ1) is 14.9. The van der Waals surface area contributed by atoms with Gasteiger partial charge in [0.2, 0.25) is 5.91 Å². The number of unbranched alkanes of at least 4 members (excludes halogenated alkanes) is 3. The number of carboxylic acid groups (broad SMARTS) is 1. The summed E-state index contributed by atoms with van der Waals surface area (Å²) in [5.74, 6) is -0.807. The summed E-state index contributed by atoms with van der Waals surface area (Å²) in [5, 5.41) is 14.4. The molecule has 1 aliphatic rings. The number of aliphatic carboxylic acids is 1. The van der Waals surface area contributed by atoms with Crippen LogP contribution in [0.1, 0.15) is 32.1 Å². The first-order chi connectivity index (χ1) is 8.70. The molecule has 0 aromatic carbocycles. The summed E-state index contributed by atoms with van der Waals surface area (Å²) in [4.78, 5) is 21.9. The van der Waals surface area contributed by atoms with E-state index in [2.05, 4.69) is 10.6 Å².